The van der Waals surface area contributed by atoms with E-state index < -0.39 is 0 Å². The summed E-state index contributed by atoms with van der Waals surface area (Å²) in [6, 6.07) is 0.320. The number of hydrogen-bond acceptors (Lipinski definition) is 1. The van der Waals surface area contributed by atoms with Gasteiger partial charge >= 0.3 is 0 Å². The second kappa shape index (κ2) is 4.69. The minimum Gasteiger partial charge on any atom is -0.286 e. The first-order valence-corrected chi connectivity index (χ1v) is 5.82. The lowest BCUT2D eigenvalue weighted by atomic mass is 10.0. The van der Waals surface area contributed by atoms with Crippen LogP contribution in [-0.4, -0.2) is 9.78 Å². The molecule has 0 aliphatic heterocycles. The molecule has 1 N–H and O–H groups in total. The van der Waals surface area contributed by atoms with Crippen molar-refractivity contribution in [3.63, 3.8) is 0 Å². The summed E-state index contributed by atoms with van der Waals surface area (Å²) in [4.78, 5) is 11.8. The number of hydrogen-bond donors (Lipinski definition) is 1. The molecule has 1 heterocycles. The van der Waals surface area contributed by atoms with Gasteiger partial charge in [-0.25, -0.2) is 0 Å². The Labute approximate surface area is 91.5 Å². The third kappa shape index (κ3) is 2.33. The van der Waals surface area contributed by atoms with Crippen LogP contribution in [0.5, 0.6) is 0 Å². The van der Waals surface area contributed by atoms with Crippen molar-refractivity contribution in [3.8, 4) is 0 Å². The second-order valence-electron chi connectivity index (χ2n) is 4.67. The minimum atomic E-state index is 0.0919. The van der Waals surface area contributed by atoms with Crippen molar-refractivity contribution in [1.82, 2.24) is 9.78 Å². The van der Waals surface area contributed by atoms with Crippen LogP contribution in [0.2, 0.25) is 0 Å². The van der Waals surface area contributed by atoms with Gasteiger partial charge < -0.3 is 0 Å². The van der Waals surface area contributed by atoms with Gasteiger partial charge in [-0.3, -0.25) is 14.6 Å². The monoisotopic (exact) mass is 210 g/mol. The van der Waals surface area contributed by atoms with Crippen LogP contribution in [0.3, 0.4) is 0 Å². The number of nitrogens with zero attached hydrogens (tertiary/aromatic N) is 1. The summed E-state index contributed by atoms with van der Waals surface area (Å²) >= 11 is 0. The molecule has 0 saturated heterocycles. The topological polar surface area (TPSA) is 37.8 Å². The SMILES string of the molecule is CCCc1c(C(C)C)n(C(C)C)[nH]c1=O. The van der Waals surface area contributed by atoms with Gasteiger partial charge in [-0.15, -0.1) is 0 Å². The molecule has 3 nitrogen and oxygen atoms in total. The molecule has 1 rings (SSSR count). The first kappa shape index (κ1) is 12.1. The zero-order chi connectivity index (χ0) is 11.6. The van der Waals surface area contributed by atoms with Crippen LogP contribution in [0, 0.1) is 0 Å². The second-order valence-corrected chi connectivity index (χ2v) is 4.67. The van der Waals surface area contributed by atoms with Crippen molar-refractivity contribution in [3.05, 3.63) is 21.6 Å². The standard InChI is InChI=1S/C12H22N2O/c1-6-7-10-11(8(2)3)14(9(4)5)13-12(10)15/h8-9H,6-7H2,1-5H3,(H,13,15). The van der Waals surface area contributed by atoms with Gasteiger partial charge in [0.2, 0.25) is 0 Å². The minimum absolute atomic E-state index is 0.0919. The molecule has 1 aromatic heterocycles. The van der Waals surface area contributed by atoms with Crippen LogP contribution in [0.4, 0.5) is 0 Å². The molecule has 0 bridgehead atoms. The molecule has 0 amide bonds. The van der Waals surface area contributed by atoms with E-state index in [9.17, 15) is 4.79 Å². The molecule has 0 saturated carbocycles. The Kier molecular flexibility index (Phi) is 3.77. The normalized spacial score (nSPS) is 11.7. The number of aromatic amines is 1. The summed E-state index contributed by atoms with van der Waals surface area (Å²) < 4.78 is 2.01. The van der Waals surface area contributed by atoms with Crippen LogP contribution in [0.1, 0.15) is 64.3 Å². The molecular weight excluding hydrogens is 188 g/mol. The summed E-state index contributed by atoms with van der Waals surface area (Å²) in [6.45, 7) is 10.6. The fourth-order valence-corrected chi connectivity index (χ4v) is 2.02. The van der Waals surface area contributed by atoms with Gasteiger partial charge in [-0.1, -0.05) is 27.2 Å². The summed E-state index contributed by atoms with van der Waals surface area (Å²) in [5.74, 6) is 0.396. The highest BCUT2D eigenvalue weighted by Crippen LogP contribution is 2.20. The Hall–Kier alpha value is -0.990. The number of nitrogens with one attached hydrogen (secondary N) is 1. The third-order valence-electron chi connectivity index (χ3n) is 2.63. The van der Waals surface area contributed by atoms with Crippen LogP contribution < -0.4 is 5.56 Å². The van der Waals surface area contributed by atoms with Crippen LogP contribution in [-0.2, 0) is 6.42 Å². The average Bonchev–Trinajstić information content (AvgIpc) is 2.45. The maximum atomic E-state index is 11.8. The van der Waals surface area contributed by atoms with Gasteiger partial charge in [-0.05, 0) is 26.2 Å². The Morgan fingerprint density at radius 3 is 2.27 bits per heavy atom. The number of aromatic nitrogens is 2. The Morgan fingerprint density at radius 1 is 1.27 bits per heavy atom. The summed E-state index contributed by atoms with van der Waals surface area (Å²) in [5, 5.41) is 2.94. The number of H-pyrrole nitrogens is 1. The van der Waals surface area contributed by atoms with Crippen molar-refractivity contribution in [2.24, 2.45) is 0 Å². The van der Waals surface area contributed by atoms with Gasteiger partial charge in [-0.2, -0.15) is 0 Å². The van der Waals surface area contributed by atoms with Crippen molar-refractivity contribution < 1.29 is 0 Å². The summed E-state index contributed by atoms with van der Waals surface area (Å²) in [5.41, 5.74) is 2.24. The predicted octanol–water partition coefficient (Wildman–Crippen LogP) is 2.83. The molecule has 0 atom stereocenters. The van der Waals surface area contributed by atoms with E-state index in [1.165, 1.54) is 5.69 Å². The van der Waals surface area contributed by atoms with Crippen molar-refractivity contribution >= 4 is 0 Å². The molecule has 15 heavy (non-hydrogen) atoms. The molecule has 0 spiro atoms. The lowest BCUT2D eigenvalue weighted by molar-refractivity contribution is 0.493. The summed E-state index contributed by atoms with van der Waals surface area (Å²) in [6.07, 6.45) is 1.90. The van der Waals surface area contributed by atoms with E-state index in [2.05, 4.69) is 39.7 Å². The van der Waals surface area contributed by atoms with E-state index in [4.69, 9.17) is 0 Å². The molecule has 0 aromatic carbocycles. The fraction of sp³-hybridized carbons (Fsp3) is 0.750. The molecule has 86 valence electrons. The van der Waals surface area contributed by atoms with E-state index >= 15 is 0 Å². The highest BCUT2D eigenvalue weighted by Gasteiger charge is 2.17. The van der Waals surface area contributed by atoms with Gasteiger partial charge in [0.15, 0.2) is 0 Å². The Balaban J connectivity index is 3.31. The molecule has 0 fully saturated rings. The largest absolute Gasteiger partial charge is 0.286 e. The maximum absolute atomic E-state index is 11.8. The first-order chi connectivity index (χ1) is 6.99. The van der Waals surface area contributed by atoms with Crippen molar-refractivity contribution in [2.75, 3.05) is 0 Å². The smallest absolute Gasteiger partial charge is 0.267 e. The van der Waals surface area contributed by atoms with E-state index in [0.29, 0.717) is 12.0 Å². The highest BCUT2D eigenvalue weighted by molar-refractivity contribution is 5.21. The van der Waals surface area contributed by atoms with E-state index in [0.717, 1.165) is 18.4 Å². The van der Waals surface area contributed by atoms with Crippen molar-refractivity contribution in [1.29, 1.82) is 0 Å². The molecule has 1 aromatic rings. The predicted molar refractivity (Wildman–Crippen MR) is 63.5 cm³/mol. The molecule has 0 aliphatic rings. The fourth-order valence-electron chi connectivity index (χ4n) is 2.02. The maximum Gasteiger partial charge on any atom is 0.267 e. The Morgan fingerprint density at radius 2 is 1.87 bits per heavy atom. The van der Waals surface area contributed by atoms with Crippen LogP contribution in [0.15, 0.2) is 4.79 Å². The highest BCUT2D eigenvalue weighted by atomic mass is 16.1. The van der Waals surface area contributed by atoms with E-state index in [1.807, 2.05) is 4.68 Å². The molecule has 3 heteroatoms. The van der Waals surface area contributed by atoms with Gasteiger partial charge in [0.25, 0.3) is 5.56 Å². The lowest BCUT2D eigenvalue weighted by Crippen LogP contribution is -2.10. The molecule has 0 radical (unpaired) electrons. The molecule has 0 aliphatic carbocycles. The van der Waals surface area contributed by atoms with Crippen LogP contribution in [0.25, 0.3) is 0 Å². The average molecular weight is 210 g/mol. The first-order valence-electron chi connectivity index (χ1n) is 5.82. The Bertz CT molecular complexity index is 371. The van der Waals surface area contributed by atoms with Crippen LogP contribution >= 0.6 is 0 Å². The third-order valence-corrected chi connectivity index (χ3v) is 2.63. The molecule has 0 unspecified atom stereocenters. The zero-order valence-electron chi connectivity index (χ0n) is 10.4. The van der Waals surface area contributed by atoms with Gasteiger partial charge in [0, 0.05) is 17.3 Å². The quantitative estimate of drug-likeness (QED) is 0.815. The van der Waals surface area contributed by atoms with E-state index in [-0.39, 0.29) is 5.56 Å². The van der Waals surface area contributed by atoms with Crippen molar-refractivity contribution in [2.45, 2.75) is 59.4 Å². The van der Waals surface area contributed by atoms with Gasteiger partial charge in [0.05, 0.1) is 0 Å². The zero-order valence-corrected chi connectivity index (χ0v) is 10.4. The lowest BCUT2D eigenvalue weighted by Gasteiger charge is -2.15. The number of rotatable bonds is 4. The van der Waals surface area contributed by atoms with E-state index in [1.54, 1.807) is 0 Å². The molecular formula is C12H22N2O. The van der Waals surface area contributed by atoms with Gasteiger partial charge in [0.1, 0.15) is 0 Å². The summed E-state index contributed by atoms with van der Waals surface area (Å²) in [7, 11) is 0.